The minimum Gasteiger partial charge on any atom is -0.394 e. The molecule has 1 heterocycles. The van der Waals surface area contributed by atoms with E-state index in [1.54, 1.807) is 6.20 Å². The van der Waals surface area contributed by atoms with Gasteiger partial charge in [0.15, 0.2) is 0 Å². The van der Waals surface area contributed by atoms with E-state index in [9.17, 15) is 0 Å². The molecule has 0 atom stereocenters. The molecular weight excluding hydrogens is 248 g/mol. The third kappa shape index (κ3) is 4.04. The Morgan fingerprint density at radius 3 is 3.07 bits per heavy atom. The van der Waals surface area contributed by atoms with Crippen LogP contribution in [0.5, 0.6) is 0 Å². The van der Waals surface area contributed by atoms with Crippen LogP contribution in [0.25, 0.3) is 0 Å². The van der Waals surface area contributed by atoms with Crippen LogP contribution in [0.3, 0.4) is 0 Å². The topological polar surface area (TPSA) is 54.4 Å². The maximum absolute atomic E-state index is 8.46. The van der Waals surface area contributed by atoms with Crippen molar-refractivity contribution in [1.29, 1.82) is 0 Å². The number of rotatable bonds is 6. The van der Waals surface area contributed by atoms with Crippen molar-refractivity contribution in [3.63, 3.8) is 0 Å². The first kappa shape index (κ1) is 11.4. The summed E-state index contributed by atoms with van der Waals surface area (Å²) in [6.07, 6.45) is 1.72. The molecule has 0 aliphatic rings. The molecular formula is C9H13BrN2O2. The van der Waals surface area contributed by atoms with E-state index in [1.807, 2.05) is 12.1 Å². The van der Waals surface area contributed by atoms with E-state index in [2.05, 4.69) is 26.2 Å². The fourth-order valence-electron chi connectivity index (χ4n) is 0.924. The van der Waals surface area contributed by atoms with E-state index in [4.69, 9.17) is 9.84 Å². The second-order valence-corrected chi connectivity index (χ2v) is 3.45. The lowest BCUT2D eigenvalue weighted by Crippen LogP contribution is -2.12. The molecule has 0 fully saturated rings. The number of hydrogen-bond donors (Lipinski definition) is 2. The zero-order valence-electron chi connectivity index (χ0n) is 7.74. The van der Waals surface area contributed by atoms with E-state index in [0.29, 0.717) is 19.8 Å². The number of aliphatic hydroxyl groups is 1. The van der Waals surface area contributed by atoms with E-state index in [-0.39, 0.29) is 6.61 Å². The summed E-state index contributed by atoms with van der Waals surface area (Å²) < 4.78 is 6.02. The molecule has 0 radical (unpaired) electrons. The van der Waals surface area contributed by atoms with Gasteiger partial charge in [0.2, 0.25) is 0 Å². The highest BCUT2D eigenvalue weighted by atomic mass is 79.9. The van der Waals surface area contributed by atoms with Gasteiger partial charge < -0.3 is 15.2 Å². The molecule has 14 heavy (non-hydrogen) atoms. The molecule has 0 spiro atoms. The first-order valence-electron chi connectivity index (χ1n) is 4.37. The Morgan fingerprint density at radius 2 is 2.36 bits per heavy atom. The molecule has 0 aliphatic heterocycles. The molecule has 5 heteroatoms. The summed E-state index contributed by atoms with van der Waals surface area (Å²) in [7, 11) is 0. The van der Waals surface area contributed by atoms with Gasteiger partial charge >= 0.3 is 0 Å². The maximum Gasteiger partial charge on any atom is 0.140 e. The lowest BCUT2D eigenvalue weighted by molar-refractivity contribution is 0.0992. The number of anilines is 1. The van der Waals surface area contributed by atoms with Crippen LogP contribution in [-0.4, -0.2) is 36.5 Å². The van der Waals surface area contributed by atoms with Crippen molar-refractivity contribution < 1.29 is 9.84 Å². The molecule has 78 valence electrons. The summed E-state index contributed by atoms with van der Waals surface area (Å²) >= 11 is 3.37. The van der Waals surface area contributed by atoms with Crippen molar-refractivity contribution in [3.8, 4) is 0 Å². The standard InChI is InChI=1S/C9H13BrN2O2/c10-8-2-1-3-11-9(8)12-4-6-14-7-5-13/h1-3,13H,4-7H2,(H,11,12). The van der Waals surface area contributed by atoms with Crippen LogP contribution < -0.4 is 5.32 Å². The molecule has 0 unspecified atom stereocenters. The summed E-state index contributed by atoms with van der Waals surface area (Å²) in [6.45, 7) is 1.68. The van der Waals surface area contributed by atoms with Crippen molar-refractivity contribution in [2.45, 2.75) is 0 Å². The molecule has 0 saturated heterocycles. The molecule has 1 aromatic heterocycles. The Morgan fingerprint density at radius 1 is 1.50 bits per heavy atom. The largest absolute Gasteiger partial charge is 0.394 e. The van der Waals surface area contributed by atoms with Crippen LogP contribution in [0.4, 0.5) is 5.82 Å². The van der Waals surface area contributed by atoms with E-state index in [1.165, 1.54) is 0 Å². The van der Waals surface area contributed by atoms with Crippen LogP contribution in [0.15, 0.2) is 22.8 Å². The molecule has 0 bridgehead atoms. The van der Waals surface area contributed by atoms with Gasteiger partial charge in [-0.1, -0.05) is 0 Å². The first-order chi connectivity index (χ1) is 6.84. The Kier molecular flexibility index (Phi) is 5.51. The lowest BCUT2D eigenvalue weighted by atomic mass is 10.4. The molecule has 0 amide bonds. The van der Waals surface area contributed by atoms with Crippen LogP contribution >= 0.6 is 15.9 Å². The van der Waals surface area contributed by atoms with Gasteiger partial charge in [-0.05, 0) is 28.1 Å². The van der Waals surface area contributed by atoms with Gasteiger partial charge in [0.05, 0.1) is 24.3 Å². The summed E-state index contributed by atoms with van der Waals surface area (Å²) in [5.74, 6) is 0.806. The number of halogens is 1. The van der Waals surface area contributed by atoms with E-state index >= 15 is 0 Å². The van der Waals surface area contributed by atoms with Gasteiger partial charge in [0, 0.05) is 12.7 Å². The van der Waals surface area contributed by atoms with Crippen LogP contribution in [0.1, 0.15) is 0 Å². The van der Waals surface area contributed by atoms with Gasteiger partial charge in [0.25, 0.3) is 0 Å². The number of aliphatic hydroxyl groups excluding tert-OH is 1. The third-order valence-electron chi connectivity index (χ3n) is 1.53. The highest BCUT2D eigenvalue weighted by Gasteiger charge is 1.97. The summed E-state index contributed by atoms with van der Waals surface area (Å²) in [4.78, 5) is 4.13. The second kappa shape index (κ2) is 6.75. The minimum absolute atomic E-state index is 0.0628. The molecule has 1 rings (SSSR count). The lowest BCUT2D eigenvalue weighted by Gasteiger charge is -2.06. The molecule has 0 saturated carbocycles. The maximum atomic E-state index is 8.46. The highest BCUT2D eigenvalue weighted by Crippen LogP contribution is 2.17. The second-order valence-electron chi connectivity index (χ2n) is 2.60. The van der Waals surface area contributed by atoms with E-state index in [0.717, 1.165) is 10.3 Å². The molecule has 2 N–H and O–H groups in total. The van der Waals surface area contributed by atoms with Crippen molar-refractivity contribution in [2.75, 3.05) is 31.7 Å². The molecule has 4 nitrogen and oxygen atoms in total. The zero-order chi connectivity index (χ0) is 10.2. The fraction of sp³-hybridized carbons (Fsp3) is 0.444. The Balaban J connectivity index is 2.21. The number of ether oxygens (including phenoxy) is 1. The highest BCUT2D eigenvalue weighted by molar-refractivity contribution is 9.10. The SMILES string of the molecule is OCCOCCNc1ncccc1Br. The number of aromatic nitrogens is 1. The number of nitrogens with zero attached hydrogens (tertiary/aromatic N) is 1. The third-order valence-corrected chi connectivity index (χ3v) is 2.17. The van der Waals surface area contributed by atoms with Gasteiger partial charge in [-0.2, -0.15) is 0 Å². The Hall–Kier alpha value is -0.650. The van der Waals surface area contributed by atoms with Crippen LogP contribution in [-0.2, 0) is 4.74 Å². The average molecular weight is 261 g/mol. The fourth-order valence-corrected chi connectivity index (χ4v) is 1.32. The van der Waals surface area contributed by atoms with Crippen molar-refractivity contribution in [1.82, 2.24) is 4.98 Å². The van der Waals surface area contributed by atoms with Crippen LogP contribution in [0.2, 0.25) is 0 Å². The quantitative estimate of drug-likeness (QED) is 0.757. The van der Waals surface area contributed by atoms with Gasteiger partial charge in [-0.25, -0.2) is 4.98 Å². The van der Waals surface area contributed by atoms with Crippen LogP contribution in [0, 0.1) is 0 Å². The molecule has 0 aliphatic carbocycles. The minimum atomic E-state index is 0.0628. The summed E-state index contributed by atoms with van der Waals surface area (Å²) in [5.41, 5.74) is 0. The number of pyridine rings is 1. The van der Waals surface area contributed by atoms with Crippen molar-refractivity contribution in [3.05, 3.63) is 22.8 Å². The Labute approximate surface area is 91.4 Å². The predicted molar refractivity (Wildman–Crippen MR) is 58.3 cm³/mol. The molecule has 1 aromatic rings. The molecule has 0 aromatic carbocycles. The first-order valence-corrected chi connectivity index (χ1v) is 5.17. The monoisotopic (exact) mass is 260 g/mol. The smallest absolute Gasteiger partial charge is 0.140 e. The number of hydrogen-bond acceptors (Lipinski definition) is 4. The average Bonchev–Trinajstić information content (AvgIpc) is 2.20. The van der Waals surface area contributed by atoms with Gasteiger partial charge in [-0.3, -0.25) is 0 Å². The summed E-state index contributed by atoms with van der Waals surface area (Å²) in [5, 5.41) is 11.6. The summed E-state index contributed by atoms with van der Waals surface area (Å²) in [6, 6.07) is 3.78. The predicted octanol–water partition coefficient (Wildman–Crippen LogP) is 1.26. The van der Waals surface area contributed by atoms with Crippen molar-refractivity contribution in [2.24, 2.45) is 0 Å². The normalized spacial score (nSPS) is 10.1. The zero-order valence-corrected chi connectivity index (χ0v) is 9.33. The van der Waals surface area contributed by atoms with Gasteiger partial charge in [-0.15, -0.1) is 0 Å². The Bertz CT molecular complexity index is 271. The van der Waals surface area contributed by atoms with Crippen molar-refractivity contribution >= 4 is 21.7 Å². The number of nitrogens with one attached hydrogen (secondary N) is 1. The van der Waals surface area contributed by atoms with E-state index < -0.39 is 0 Å². The van der Waals surface area contributed by atoms with Gasteiger partial charge in [0.1, 0.15) is 5.82 Å².